The van der Waals surface area contributed by atoms with Gasteiger partial charge in [0.15, 0.2) is 0 Å². The molecule has 0 unspecified atom stereocenters. The second-order valence-electron chi connectivity index (χ2n) is 4.19. The predicted molar refractivity (Wildman–Crippen MR) is 65.4 cm³/mol. The molecule has 0 radical (unpaired) electrons. The van der Waals surface area contributed by atoms with Crippen molar-refractivity contribution in [1.82, 2.24) is 4.31 Å². The number of carbonyl (C=O) groups is 1. The maximum absolute atomic E-state index is 12.2. The molecule has 1 aromatic rings. The summed E-state index contributed by atoms with van der Waals surface area (Å²) in [6.07, 6.45) is -0.227. The van der Waals surface area contributed by atoms with Gasteiger partial charge in [-0.2, -0.15) is 4.31 Å². The van der Waals surface area contributed by atoms with Crippen LogP contribution >= 0.6 is 11.3 Å². The Bertz CT molecular complexity index is 577. The fourth-order valence-corrected chi connectivity index (χ4v) is 4.87. The number of nitrogens with zero attached hydrogens (tertiary/aromatic N) is 1. The monoisotopic (exact) mass is 291 g/mol. The first-order chi connectivity index (χ1) is 8.32. The molecule has 0 aliphatic carbocycles. The quantitative estimate of drug-likeness (QED) is 0.846. The lowest BCUT2D eigenvalue weighted by Crippen LogP contribution is -2.29. The van der Waals surface area contributed by atoms with Crippen LogP contribution in [0.5, 0.6) is 0 Å². The van der Waals surface area contributed by atoms with Gasteiger partial charge in [-0.1, -0.05) is 0 Å². The van der Waals surface area contributed by atoms with Crippen molar-refractivity contribution in [3.63, 3.8) is 0 Å². The van der Waals surface area contributed by atoms with Crippen LogP contribution in [0.25, 0.3) is 0 Å². The minimum absolute atomic E-state index is 0.0199. The summed E-state index contributed by atoms with van der Waals surface area (Å²) < 4.78 is 25.6. The summed E-state index contributed by atoms with van der Waals surface area (Å²) in [5.41, 5.74) is 0.436. The molecule has 1 atom stereocenters. The number of hydrogen-bond donors (Lipinski definition) is 2. The zero-order valence-corrected chi connectivity index (χ0v) is 11.3. The summed E-state index contributed by atoms with van der Waals surface area (Å²) in [5.74, 6) is -1.12. The number of aliphatic hydroxyl groups excluding tert-OH is 1. The second-order valence-corrected chi connectivity index (χ2v) is 7.41. The predicted octanol–water partition coefficient (Wildman–Crippen LogP) is 0.510. The zero-order valence-electron chi connectivity index (χ0n) is 9.66. The van der Waals surface area contributed by atoms with Crippen molar-refractivity contribution in [2.75, 3.05) is 13.1 Å². The Morgan fingerprint density at radius 1 is 1.56 bits per heavy atom. The van der Waals surface area contributed by atoms with Gasteiger partial charge < -0.3 is 10.2 Å². The third-order valence-electron chi connectivity index (χ3n) is 2.81. The Morgan fingerprint density at radius 2 is 2.22 bits per heavy atom. The number of carboxylic acids is 1. The fourth-order valence-electron chi connectivity index (χ4n) is 1.85. The van der Waals surface area contributed by atoms with Crippen LogP contribution in [0.4, 0.5) is 0 Å². The van der Waals surface area contributed by atoms with Crippen molar-refractivity contribution in [1.29, 1.82) is 0 Å². The molecule has 0 aromatic carbocycles. The summed E-state index contributed by atoms with van der Waals surface area (Å²) in [7, 11) is -3.68. The molecule has 2 heterocycles. The molecule has 0 amide bonds. The Morgan fingerprint density at radius 3 is 2.67 bits per heavy atom. The molecule has 1 fully saturated rings. The molecule has 1 aromatic heterocycles. The molecule has 1 saturated heterocycles. The number of thiophene rings is 1. The van der Waals surface area contributed by atoms with E-state index in [1.54, 1.807) is 6.92 Å². The van der Waals surface area contributed by atoms with Crippen molar-refractivity contribution in [2.45, 2.75) is 23.7 Å². The summed E-state index contributed by atoms with van der Waals surface area (Å²) in [6, 6.07) is 1.37. The van der Waals surface area contributed by atoms with Gasteiger partial charge in [-0.3, -0.25) is 0 Å². The standard InChI is InChI=1S/C10H13NO5S2/c1-6-4-8(17-9(6)10(13)14)18(15,16)11-3-2-7(12)5-11/h4,7,12H,2-3,5H2,1H3,(H,13,14)/t7-/m0/s1. The average molecular weight is 291 g/mol. The van der Waals surface area contributed by atoms with Gasteiger partial charge in [0.2, 0.25) is 0 Å². The van der Waals surface area contributed by atoms with Gasteiger partial charge >= 0.3 is 5.97 Å². The molecular weight excluding hydrogens is 278 g/mol. The third-order valence-corrected chi connectivity index (χ3v) is 6.35. The van der Waals surface area contributed by atoms with Crippen LogP contribution in [0.15, 0.2) is 10.3 Å². The molecule has 0 saturated carbocycles. The van der Waals surface area contributed by atoms with E-state index < -0.39 is 22.1 Å². The molecule has 0 spiro atoms. The van der Waals surface area contributed by atoms with Crippen LogP contribution in [-0.4, -0.2) is 48.1 Å². The van der Waals surface area contributed by atoms with Gasteiger partial charge in [-0.05, 0) is 25.0 Å². The number of sulfonamides is 1. The molecule has 2 rings (SSSR count). The van der Waals surface area contributed by atoms with Crippen molar-refractivity contribution in [3.8, 4) is 0 Å². The van der Waals surface area contributed by atoms with Crippen molar-refractivity contribution >= 4 is 27.3 Å². The molecule has 0 bridgehead atoms. The van der Waals surface area contributed by atoms with Crippen LogP contribution in [-0.2, 0) is 10.0 Å². The van der Waals surface area contributed by atoms with Gasteiger partial charge in [0.25, 0.3) is 10.0 Å². The summed E-state index contributed by atoms with van der Waals surface area (Å²) in [6.45, 7) is 1.91. The maximum Gasteiger partial charge on any atom is 0.346 e. The highest BCUT2D eigenvalue weighted by Gasteiger charge is 2.33. The van der Waals surface area contributed by atoms with E-state index in [1.165, 1.54) is 10.4 Å². The Labute approximate surface area is 109 Å². The SMILES string of the molecule is Cc1cc(S(=O)(=O)N2CC[C@H](O)C2)sc1C(=O)O. The van der Waals surface area contributed by atoms with Crippen LogP contribution in [0.3, 0.4) is 0 Å². The highest BCUT2D eigenvalue weighted by molar-refractivity contribution is 7.91. The van der Waals surface area contributed by atoms with Crippen LogP contribution < -0.4 is 0 Å². The summed E-state index contributed by atoms with van der Waals surface area (Å²) in [5, 5.41) is 18.3. The lowest BCUT2D eigenvalue weighted by atomic mass is 10.3. The van der Waals surface area contributed by atoms with Crippen LogP contribution in [0.2, 0.25) is 0 Å². The number of rotatable bonds is 3. The molecule has 6 nitrogen and oxygen atoms in total. The largest absolute Gasteiger partial charge is 0.477 e. The minimum Gasteiger partial charge on any atom is -0.477 e. The van der Waals surface area contributed by atoms with E-state index in [-0.39, 0.29) is 22.2 Å². The zero-order chi connectivity index (χ0) is 13.5. The molecular formula is C10H13NO5S2. The first-order valence-electron chi connectivity index (χ1n) is 5.34. The first kappa shape index (κ1) is 13.5. The van der Waals surface area contributed by atoms with E-state index in [0.717, 1.165) is 11.3 Å². The van der Waals surface area contributed by atoms with E-state index in [1.807, 2.05) is 0 Å². The third kappa shape index (κ3) is 2.28. The van der Waals surface area contributed by atoms with Gasteiger partial charge in [-0.15, -0.1) is 11.3 Å². The van der Waals surface area contributed by atoms with E-state index >= 15 is 0 Å². The van der Waals surface area contributed by atoms with Gasteiger partial charge in [0.1, 0.15) is 9.09 Å². The van der Waals surface area contributed by atoms with Crippen molar-refractivity contribution < 1.29 is 23.4 Å². The van der Waals surface area contributed by atoms with E-state index in [0.29, 0.717) is 12.0 Å². The van der Waals surface area contributed by atoms with E-state index in [4.69, 9.17) is 5.11 Å². The topological polar surface area (TPSA) is 94.9 Å². The number of hydrogen-bond acceptors (Lipinski definition) is 5. The highest BCUT2D eigenvalue weighted by atomic mass is 32.2. The number of aryl methyl sites for hydroxylation is 1. The Balaban J connectivity index is 2.36. The number of aliphatic hydroxyl groups is 1. The Kier molecular flexibility index (Phi) is 3.45. The lowest BCUT2D eigenvalue weighted by Gasteiger charge is -2.13. The molecule has 1 aliphatic rings. The highest BCUT2D eigenvalue weighted by Crippen LogP contribution is 2.30. The van der Waals surface area contributed by atoms with Gasteiger partial charge in [0, 0.05) is 13.1 Å². The average Bonchev–Trinajstić information content (AvgIpc) is 2.84. The first-order valence-corrected chi connectivity index (χ1v) is 7.60. The van der Waals surface area contributed by atoms with E-state index in [2.05, 4.69) is 0 Å². The normalized spacial score (nSPS) is 21.3. The Hall–Kier alpha value is -0.960. The smallest absolute Gasteiger partial charge is 0.346 e. The maximum atomic E-state index is 12.2. The lowest BCUT2D eigenvalue weighted by molar-refractivity contribution is 0.0701. The van der Waals surface area contributed by atoms with Crippen LogP contribution in [0.1, 0.15) is 21.7 Å². The van der Waals surface area contributed by atoms with Crippen molar-refractivity contribution in [2.24, 2.45) is 0 Å². The fraction of sp³-hybridized carbons (Fsp3) is 0.500. The number of aromatic carboxylic acids is 1. The summed E-state index contributed by atoms with van der Waals surface area (Å²) >= 11 is 0.752. The number of carboxylic acid groups (broad SMARTS) is 1. The molecule has 2 N–H and O–H groups in total. The van der Waals surface area contributed by atoms with Crippen LogP contribution in [0, 0.1) is 6.92 Å². The van der Waals surface area contributed by atoms with Gasteiger partial charge in [-0.25, -0.2) is 13.2 Å². The second kappa shape index (κ2) is 4.61. The van der Waals surface area contributed by atoms with Crippen molar-refractivity contribution in [3.05, 3.63) is 16.5 Å². The number of β-amino-alcohol motifs (C(OH)–C–C–N with tert-alkyl or cyclic N) is 1. The van der Waals surface area contributed by atoms with E-state index in [9.17, 15) is 18.3 Å². The molecule has 8 heteroatoms. The molecule has 1 aliphatic heterocycles. The minimum atomic E-state index is -3.68. The molecule has 18 heavy (non-hydrogen) atoms. The molecule has 100 valence electrons. The summed E-state index contributed by atoms with van der Waals surface area (Å²) in [4.78, 5) is 10.9. The van der Waals surface area contributed by atoms with Gasteiger partial charge in [0.05, 0.1) is 6.10 Å².